The lowest BCUT2D eigenvalue weighted by atomic mass is 10.1. The summed E-state index contributed by atoms with van der Waals surface area (Å²) in [6.45, 7) is 1.76. The highest BCUT2D eigenvalue weighted by molar-refractivity contribution is 9.10. The first kappa shape index (κ1) is 9.26. The van der Waals surface area contributed by atoms with Gasteiger partial charge in [-0.1, -0.05) is 28.1 Å². The summed E-state index contributed by atoms with van der Waals surface area (Å²) in [4.78, 5) is 11.1. The number of phenols is 1. The molecule has 0 bridgehead atoms. The highest BCUT2D eigenvalue weighted by Crippen LogP contribution is 2.14. The lowest BCUT2D eigenvalue weighted by Gasteiger charge is -2.02. The second-order valence-corrected chi connectivity index (χ2v) is 3.90. The minimum absolute atomic E-state index is 0.0223. The van der Waals surface area contributed by atoms with Gasteiger partial charge in [-0.2, -0.15) is 0 Å². The molecule has 0 saturated heterocycles. The highest BCUT2D eigenvalue weighted by atomic mass is 79.9. The molecule has 1 aromatic rings. The molecule has 0 amide bonds. The summed E-state index contributed by atoms with van der Waals surface area (Å²) in [5.41, 5.74) is 0.527. The van der Waals surface area contributed by atoms with Gasteiger partial charge in [0.2, 0.25) is 0 Å². The Kier molecular flexibility index (Phi) is 2.87. The predicted octanol–water partition coefficient (Wildman–Crippen LogP) is 2.36. The summed E-state index contributed by atoms with van der Waals surface area (Å²) in [7, 11) is 0. The Labute approximate surface area is 79.3 Å². The van der Waals surface area contributed by atoms with E-state index >= 15 is 0 Å². The van der Waals surface area contributed by atoms with Gasteiger partial charge in [-0.05, 0) is 19.1 Å². The monoisotopic (exact) mass is 228 g/mol. The number of rotatable bonds is 2. The maximum absolute atomic E-state index is 11.3. The summed E-state index contributed by atoms with van der Waals surface area (Å²) in [6.07, 6.45) is 0. The average molecular weight is 229 g/mol. The van der Waals surface area contributed by atoms with E-state index in [9.17, 15) is 4.79 Å². The van der Waals surface area contributed by atoms with Crippen molar-refractivity contribution in [2.45, 2.75) is 11.8 Å². The molecular formula is C9H9BrO2. The van der Waals surface area contributed by atoms with Crippen molar-refractivity contribution in [3.8, 4) is 5.75 Å². The number of phenolic OH excluding ortho intramolecular Hbond substituents is 1. The number of benzene rings is 1. The van der Waals surface area contributed by atoms with Crippen molar-refractivity contribution in [3.05, 3.63) is 29.8 Å². The summed E-state index contributed by atoms with van der Waals surface area (Å²) in [5.74, 6) is 0.0971. The Bertz CT molecular complexity index is 294. The Morgan fingerprint density at radius 1 is 1.58 bits per heavy atom. The fraction of sp³-hybridized carbons (Fsp3) is 0.222. The molecule has 1 aromatic carbocycles. The Morgan fingerprint density at radius 3 is 2.75 bits per heavy atom. The fourth-order valence-electron chi connectivity index (χ4n) is 0.889. The molecule has 64 valence electrons. The topological polar surface area (TPSA) is 37.3 Å². The van der Waals surface area contributed by atoms with Crippen LogP contribution in [-0.4, -0.2) is 15.7 Å². The molecule has 2 nitrogen and oxygen atoms in total. The van der Waals surface area contributed by atoms with Crippen LogP contribution in [0.4, 0.5) is 0 Å². The van der Waals surface area contributed by atoms with E-state index in [1.807, 2.05) is 0 Å². The second-order valence-electron chi connectivity index (χ2n) is 2.53. The molecule has 1 atom stereocenters. The zero-order chi connectivity index (χ0) is 9.14. The largest absolute Gasteiger partial charge is 0.508 e. The Hall–Kier alpha value is -0.830. The van der Waals surface area contributed by atoms with E-state index in [-0.39, 0.29) is 16.4 Å². The van der Waals surface area contributed by atoms with E-state index in [2.05, 4.69) is 15.9 Å². The maximum Gasteiger partial charge on any atom is 0.176 e. The van der Waals surface area contributed by atoms with E-state index < -0.39 is 0 Å². The van der Waals surface area contributed by atoms with Crippen LogP contribution in [0.25, 0.3) is 0 Å². The van der Waals surface area contributed by atoms with Crippen LogP contribution in [0.15, 0.2) is 24.3 Å². The molecular weight excluding hydrogens is 220 g/mol. The Morgan fingerprint density at radius 2 is 2.25 bits per heavy atom. The molecule has 1 unspecified atom stereocenters. The molecule has 3 heteroatoms. The normalized spacial score (nSPS) is 12.5. The molecule has 0 fully saturated rings. The van der Waals surface area contributed by atoms with Crippen molar-refractivity contribution in [2.24, 2.45) is 0 Å². The molecule has 0 aliphatic rings. The van der Waals surface area contributed by atoms with Crippen molar-refractivity contribution >= 4 is 21.7 Å². The molecule has 1 rings (SSSR count). The lowest BCUT2D eigenvalue weighted by Crippen LogP contribution is -2.09. The third kappa shape index (κ3) is 2.08. The zero-order valence-electron chi connectivity index (χ0n) is 6.62. The maximum atomic E-state index is 11.3. The van der Waals surface area contributed by atoms with Crippen LogP contribution in [0.2, 0.25) is 0 Å². The number of Topliss-reactive ketones (excluding diaryl/α,β-unsaturated/α-hetero) is 1. The summed E-state index contributed by atoms with van der Waals surface area (Å²) in [6, 6.07) is 6.33. The number of ketones is 1. The lowest BCUT2D eigenvalue weighted by molar-refractivity contribution is 0.0995. The van der Waals surface area contributed by atoms with Crippen molar-refractivity contribution in [3.63, 3.8) is 0 Å². The van der Waals surface area contributed by atoms with Gasteiger partial charge in [0.15, 0.2) is 5.78 Å². The summed E-state index contributed by atoms with van der Waals surface area (Å²) >= 11 is 3.17. The van der Waals surface area contributed by atoms with Gasteiger partial charge in [-0.25, -0.2) is 0 Å². The first-order valence-corrected chi connectivity index (χ1v) is 4.50. The number of hydrogen-bond acceptors (Lipinski definition) is 2. The predicted molar refractivity (Wildman–Crippen MR) is 50.8 cm³/mol. The number of aromatic hydroxyl groups is 1. The van der Waals surface area contributed by atoms with E-state index in [1.54, 1.807) is 19.1 Å². The molecule has 0 aromatic heterocycles. The quantitative estimate of drug-likeness (QED) is 0.624. The summed E-state index contributed by atoms with van der Waals surface area (Å²) in [5, 5.41) is 9.08. The minimum Gasteiger partial charge on any atom is -0.508 e. The smallest absolute Gasteiger partial charge is 0.176 e. The molecule has 1 N–H and O–H groups in total. The van der Waals surface area contributed by atoms with Gasteiger partial charge in [0, 0.05) is 5.56 Å². The van der Waals surface area contributed by atoms with Crippen LogP contribution < -0.4 is 0 Å². The van der Waals surface area contributed by atoms with Crippen LogP contribution >= 0.6 is 15.9 Å². The van der Waals surface area contributed by atoms with Crippen LogP contribution in [0.1, 0.15) is 17.3 Å². The SMILES string of the molecule is CC(Br)C(=O)c1cccc(O)c1. The second kappa shape index (κ2) is 3.72. The molecule has 0 aliphatic carbocycles. The number of halogens is 1. The van der Waals surface area contributed by atoms with Crippen molar-refractivity contribution in [2.75, 3.05) is 0 Å². The number of carbonyl (C=O) groups is 1. The van der Waals surface area contributed by atoms with Crippen LogP contribution in [-0.2, 0) is 0 Å². The molecule has 0 saturated carbocycles. The highest BCUT2D eigenvalue weighted by Gasteiger charge is 2.11. The Balaban J connectivity index is 2.96. The number of alkyl halides is 1. The van der Waals surface area contributed by atoms with Crippen LogP contribution in [0.3, 0.4) is 0 Å². The van der Waals surface area contributed by atoms with E-state index in [0.29, 0.717) is 5.56 Å². The van der Waals surface area contributed by atoms with Crippen molar-refractivity contribution in [1.82, 2.24) is 0 Å². The third-order valence-electron chi connectivity index (χ3n) is 1.49. The molecule has 12 heavy (non-hydrogen) atoms. The number of carbonyl (C=O) groups excluding carboxylic acids is 1. The van der Waals surface area contributed by atoms with Gasteiger partial charge in [0.1, 0.15) is 5.75 Å². The molecule has 0 heterocycles. The standard InChI is InChI=1S/C9H9BrO2/c1-6(10)9(12)7-3-2-4-8(11)5-7/h2-6,11H,1H3. The van der Waals surface area contributed by atoms with Gasteiger partial charge >= 0.3 is 0 Å². The van der Waals surface area contributed by atoms with Crippen molar-refractivity contribution in [1.29, 1.82) is 0 Å². The van der Waals surface area contributed by atoms with Crippen LogP contribution in [0, 0.1) is 0 Å². The van der Waals surface area contributed by atoms with Crippen LogP contribution in [0.5, 0.6) is 5.75 Å². The molecule has 0 radical (unpaired) electrons. The van der Waals surface area contributed by atoms with Gasteiger partial charge in [-0.3, -0.25) is 4.79 Å². The van der Waals surface area contributed by atoms with Gasteiger partial charge in [0.05, 0.1) is 4.83 Å². The fourth-order valence-corrected chi connectivity index (χ4v) is 1.15. The average Bonchev–Trinajstić information content (AvgIpc) is 2.03. The molecule has 0 aliphatic heterocycles. The van der Waals surface area contributed by atoms with Crippen molar-refractivity contribution < 1.29 is 9.90 Å². The van der Waals surface area contributed by atoms with E-state index in [1.165, 1.54) is 12.1 Å². The zero-order valence-corrected chi connectivity index (χ0v) is 8.21. The van der Waals surface area contributed by atoms with E-state index in [4.69, 9.17) is 5.11 Å². The molecule has 0 spiro atoms. The first-order chi connectivity index (χ1) is 5.61. The number of hydrogen-bond donors (Lipinski definition) is 1. The first-order valence-electron chi connectivity index (χ1n) is 3.58. The summed E-state index contributed by atoms with van der Waals surface area (Å²) < 4.78 is 0. The third-order valence-corrected chi connectivity index (χ3v) is 1.91. The minimum atomic E-state index is -0.209. The van der Waals surface area contributed by atoms with Gasteiger partial charge < -0.3 is 5.11 Å². The van der Waals surface area contributed by atoms with Gasteiger partial charge in [0.25, 0.3) is 0 Å². The van der Waals surface area contributed by atoms with Gasteiger partial charge in [-0.15, -0.1) is 0 Å². The van der Waals surface area contributed by atoms with E-state index in [0.717, 1.165) is 0 Å².